The molecule has 0 aliphatic rings. The van der Waals surface area contributed by atoms with Crippen LogP contribution >= 0.6 is 58.4 Å². The molecule has 0 saturated heterocycles. The maximum Gasteiger partial charge on any atom is 0.301 e. The van der Waals surface area contributed by atoms with Crippen molar-refractivity contribution in [1.82, 2.24) is 3.71 Å². The van der Waals surface area contributed by atoms with Crippen LogP contribution in [0.15, 0.2) is 0 Å². The van der Waals surface area contributed by atoms with Crippen LogP contribution in [0.1, 0.15) is 0 Å². The van der Waals surface area contributed by atoms with E-state index in [4.69, 9.17) is 51.7 Å². The normalized spacial score (nSPS) is 13.9. The molecule has 0 aromatic heterocycles. The minimum atomic E-state index is -3.80. The van der Waals surface area contributed by atoms with E-state index in [9.17, 15) is 12.8 Å². The van der Waals surface area contributed by atoms with Crippen molar-refractivity contribution in [2.45, 2.75) is 8.25 Å². The van der Waals surface area contributed by atoms with Crippen molar-refractivity contribution in [3.8, 4) is 6.07 Å². The summed E-state index contributed by atoms with van der Waals surface area (Å²) in [6.07, 6.45) is 0.795. The van der Waals surface area contributed by atoms with E-state index in [0.29, 0.717) is 3.71 Å². The number of alkyl halides is 5. The van der Waals surface area contributed by atoms with E-state index in [1.165, 1.54) is 0 Å². The van der Waals surface area contributed by atoms with E-state index in [-0.39, 0.29) is 11.9 Å². The van der Waals surface area contributed by atoms with Crippen molar-refractivity contribution >= 4 is 68.4 Å². The molecule has 0 spiro atoms. The summed E-state index contributed by atoms with van der Waals surface area (Å²) in [5, 5.41) is 8.38. The van der Waals surface area contributed by atoms with E-state index in [0.717, 1.165) is 6.26 Å². The van der Waals surface area contributed by atoms with Crippen molar-refractivity contribution in [3.63, 3.8) is 0 Å². The molecule has 11 heteroatoms. The number of hydrogen-bond acceptors (Lipinski definition) is 4. The van der Waals surface area contributed by atoms with E-state index < -0.39 is 24.8 Å². The van der Waals surface area contributed by atoms with Crippen molar-refractivity contribution in [2.75, 3.05) is 12.8 Å². The molecular weight excluding hydrogens is 345 g/mol. The van der Waals surface area contributed by atoms with Gasteiger partial charge < -0.3 is 0 Å². The third-order valence-corrected chi connectivity index (χ3v) is 5.98. The lowest BCUT2D eigenvalue weighted by atomic mass is 10.8. The third-order valence-electron chi connectivity index (χ3n) is 1.12. The summed E-state index contributed by atoms with van der Waals surface area (Å²) in [5.74, 6) is 0. The lowest BCUT2D eigenvalue weighted by Gasteiger charge is -2.28. The Kier molecular flexibility index (Phi) is 5.95. The molecule has 0 atom stereocenters. The summed E-state index contributed by atoms with van der Waals surface area (Å²) in [7, 11) is -3.80. The fourth-order valence-electron chi connectivity index (χ4n) is 0.455. The van der Waals surface area contributed by atoms with Crippen LogP contribution in [-0.2, 0) is 10.0 Å². The minimum absolute atomic E-state index is 0.100. The summed E-state index contributed by atoms with van der Waals surface area (Å²) >= 11 is 21.0. The first-order valence-electron chi connectivity index (χ1n) is 3.40. The lowest BCUT2D eigenvalue weighted by molar-refractivity contribution is 0.399. The van der Waals surface area contributed by atoms with Gasteiger partial charge in [-0.2, -0.15) is 5.26 Å². The monoisotopic (exact) mass is 348 g/mol. The van der Waals surface area contributed by atoms with Crippen LogP contribution in [-0.4, -0.2) is 33.2 Å². The molecule has 0 bridgehead atoms. The van der Waals surface area contributed by atoms with Gasteiger partial charge in [-0.1, -0.05) is 46.4 Å². The van der Waals surface area contributed by atoms with Crippen molar-refractivity contribution < 1.29 is 12.8 Å². The first-order valence-corrected chi connectivity index (χ1v) is 7.53. The van der Waals surface area contributed by atoms with Crippen LogP contribution < -0.4 is 0 Å². The molecule has 0 rings (SSSR count). The van der Waals surface area contributed by atoms with Gasteiger partial charge in [0, 0.05) is 0 Å². The topological polar surface area (TPSA) is 61.2 Å². The van der Waals surface area contributed by atoms with Gasteiger partial charge in [0.2, 0.25) is 13.7 Å². The molecule has 0 aliphatic carbocycles. The van der Waals surface area contributed by atoms with Crippen molar-refractivity contribution in [1.29, 1.82) is 5.26 Å². The van der Waals surface area contributed by atoms with Gasteiger partial charge in [0.25, 0.3) is 0 Å². The molecule has 16 heavy (non-hydrogen) atoms. The SMILES string of the molecule is CS(=O)(=O)N(CC#N)SC(Cl)(Cl)C(F)(Cl)Cl. The van der Waals surface area contributed by atoms with E-state index in [2.05, 4.69) is 0 Å². The second-order valence-electron chi connectivity index (χ2n) is 2.49. The summed E-state index contributed by atoms with van der Waals surface area (Å²) in [4.78, 5) is 0. The fourth-order valence-corrected chi connectivity index (χ4v) is 3.06. The number of halogens is 5. The van der Waals surface area contributed by atoms with Gasteiger partial charge in [-0.15, -0.1) is 3.71 Å². The minimum Gasteiger partial charge on any atom is -0.212 e. The average Bonchev–Trinajstić information content (AvgIpc) is 1.99. The molecular formula is C5H5Cl4FN2O2S2. The molecule has 0 fully saturated rings. The number of rotatable bonds is 5. The van der Waals surface area contributed by atoms with Gasteiger partial charge in [-0.25, -0.2) is 12.8 Å². The van der Waals surface area contributed by atoms with Crippen molar-refractivity contribution in [3.05, 3.63) is 0 Å². The van der Waals surface area contributed by atoms with Crippen molar-refractivity contribution in [2.24, 2.45) is 0 Å². The lowest BCUT2D eigenvalue weighted by Crippen LogP contribution is -2.35. The summed E-state index contributed by atoms with van der Waals surface area (Å²) < 4.78 is 30.3. The maximum absolute atomic E-state index is 13.1. The quantitative estimate of drug-likeness (QED) is 0.435. The summed E-state index contributed by atoms with van der Waals surface area (Å²) in [6, 6.07) is 1.55. The zero-order valence-electron chi connectivity index (χ0n) is 7.62. The van der Waals surface area contributed by atoms with Crippen LogP contribution in [0.2, 0.25) is 0 Å². The van der Waals surface area contributed by atoms with Crippen LogP contribution in [0.3, 0.4) is 0 Å². The Labute approximate surface area is 117 Å². The Morgan fingerprint density at radius 1 is 1.44 bits per heavy atom. The highest BCUT2D eigenvalue weighted by atomic mass is 35.5. The highest BCUT2D eigenvalue weighted by Gasteiger charge is 2.51. The number of sulfonamides is 1. The second kappa shape index (κ2) is 5.65. The molecule has 0 radical (unpaired) electrons. The number of hydrogen-bond donors (Lipinski definition) is 0. The Balaban J connectivity index is 5.00. The predicted octanol–water partition coefficient (Wildman–Crippen LogP) is 2.65. The molecule has 0 aromatic carbocycles. The molecule has 0 N–H and O–H groups in total. The molecule has 0 amide bonds. The predicted molar refractivity (Wildman–Crippen MR) is 64.7 cm³/mol. The summed E-state index contributed by atoms with van der Waals surface area (Å²) in [5.41, 5.74) is 0. The molecule has 0 unspecified atom stereocenters. The van der Waals surface area contributed by atoms with E-state index >= 15 is 0 Å². The fraction of sp³-hybridized carbons (Fsp3) is 0.800. The average molecular weight is 350 g/mol. The Morgan fingerprint density at radius 2 is 1.88 bits per heavy atom. The number of nitrogens with zero attached hydrogens (tertiary/aromatic N) is 2. The smallest absolute Gasteiger partial charge is 0.212 e. The maximum atomic E-state index is 13.1. The van der Waals surface area contributed by atoms with Crippen LogP contribution in [0, 0.1) is 11.3 Å². The zero-order chi connectivity index (χ0) is 13.2. The first-order chi connectivity index (χ1) is 6.92. The Morgan fingerprint density at radius 3 is 2.12 bits per heavy atom. The van der Waals surface area contributed by atoms with Gasteiger partial charge in [0.1, 0.15) is 6.54 Å². The number of nitriles is 1. The van der Waals surface area contributed by atoms with E-state index in [1.807, 2.05) is 0 Å². The highest BCUT2D eigenvalue weighted by Crippen LogP contribution is 2.52. The van der Waals surface area contributed by atoms with Gasteiger partial charge in [-0.3, -0.25) is 0 Å². The first kappa shape index (κ1) is 16.8. The standard InChI is InChI=1S/C5H5Cl4FN2O2S2/c1-16(13,14)12(3-2-11)15-5(8,9)4(6,7)10/h3H2,1H3. The molecule has 0 aromatic rings. The van der Waals surface area contributed by atoms with E-state index in [1.54, 1.807) is 6.07 Å². The Bertz CT molecular complexity index is 388. The summed E-state index contributed by atoms with van der Waals surface area (Å²) in [6.45, 7) is -0.575. The highest BCUT2D eigenvalue weighted by molar-refractivity contribution is 8.10. The Hall–Kier alpha value is 0.840. The third kappa shape index (κ3) is 5.00. The molecule has 0 aliphatic heterocycles. The molecule has 4 nitrogen and oxygen atoms in total. The largest absolute Gasteiger partial charge is 0.301 e. The van der Waals surface area contributed by atoms with Gasteiger partial charge >= 0.3 is 4.59 Å². The second-order valence-corrected chi connectivity index (χ2v) is 8.87. The van der Waals surface area contributed by atoms with Crippen LogP contribution in [0.5, 0.6) is 0 Å². The van der Waals surface area contributed by atoms with Crippen LogP contribution in [0.4, 0.5) is 4.39 Å². The van der Waals surface area contributed by atoms with Crippen LogP contribution in [0.25, 0.3) is 0 Å². The molecule has 0 heterocycles. The zero-order valence-corrected chi connectivity index (χ0v) is 12.3. The van der Waals surface area contributed by atoms with Gasteiger partial charge in [0.15, 0.2) is 0 Å². The molecule has 94 valence electrons. The molecule has 0 saturated carbocycles. The van der Waals surface area contributed by atoms with Gasteiger partial charge in [-0.05, 0) is 11.9 Å². The van der Waals surface area contributed by atoms with Gasteiger partial charge in [0.05, 0.1) is 12.3 Å².